The molecule has 0 spiro atoms. The van der Waals surface area contributed by atoms with E-state index in [1.807, 2.05) is 0 Å². The van der Waals surface area contributed by atoms with Crippen LogP contribution in [-0.4, -0.2) is 31.0 Å². The van der Waals surface area contributed by atoms with Gasteiger partial charge in [0.2, 0.25) is 5.91 Å². The van der Waals surface area contributed by atoms with Crippen molar-refractivity contribution < 1.29 is 22.8 Å². The molecule has 0 aromatic heterocycles. The molecule has 4 nitrogen and oxygen atoms in total. The van der Waals surface area contributed by atoms with Crippen molar-refractivity contribution in [3.05, 3.63) is 29.8 Å². The Labute approximate surface area is 119 Å². The second kappa shape index (κ2) is 5.48. The molecule has 114 valence electrons. The third kappa shape index (κ3) is 2.92. The van der Waals surface area contributed by atoms with Gasteiger partial charge in [-0.1, -0.05) is 0 Å². The number of amides is 1. The molecule has 0 radical (unpaired) electrons. The topological polar surface area (TPSA) is 58.2 Å². The normalized spacial score (nSPS) is 22.1. The smallest absolute Gasteiger partial charge is 0.325 e. The summed E-state index contributed by atoms with van der Waals surface area (Å²) >= 11 is 0. The molecule has 1 heterocycles. The van der Waals surface area contributed by atoms with Gasteiger partial charge in [-0.3, -0.25) is 9.59 Å². The van der Waals surface area contributed by atoms with Crippen LogP contribution in [0.3, 0.4) is 0 Å². The zero-order valence-corrected chi connectivity index (χ0v) is 11.4. The first-order valence-corrected chi connectivity index (χ1v) is 6.46. The minimum Gasteiger partial charge on any atom is -0.325 e. The fourth-order valence-corrected chi connectivity index (χ4v) is 2.30. The van der Waals surface area contributed by atoms with Crippen LogP contribution in [0.2, 0.25) is 0 Å². The maximum atomic E-state index is 13.2. The maximum absolute atomic E-state index is 13.2. The standard InChI is InChI=1S/C14H15F3N2O2/c1-9(20)10-2-4-11(5-3-10)19-12(21)13(14(15,16)17)6-7-18-8-13/h2-5,18H,6-8H2,1H3,(H,19,21). The Kier molecular flexibility index (Phi) is 4.04. The van der Waals surface area contributed by atoms with Crippen molar-refractivity contribution in [1.29, 1.82) is 0 Å². The maximum Gasteiger partial charge on any atom is 0.404 e. The molecule has 1 amide bonds. The molecule has 1 atom stereocenters. The van der Waals surface area contributed by atoms with Crippen LogP contribution in [0.1, 0.15) is 23.7 Å². The SMILES string of the molecule is CC(=O)c1ccc(NC(=O)C2(C(F)(F)F)CCNC2)cc1. The summed E-state index contributed by atoms with van der Waals surface area (Å²) in [6.07, 6.45) is -4.90. The predicted molar refractivity (Wildman–Crippen MR) is 71.1 cm³/mol. The fraction of sp³-hybridized carbons (Fsp3) is 0.429. The number of Topliss-reactive ketones (excluding diaryl/α,β-unsaturated/α-hetero) is 1. The van der Waals surface area contributed by atoms with Gasteiger partial charge in [0.15, 0.2) is 11.2 Å². The molecule has 0 bridgehead atoms. The van der Waals surface area contributed by atoms with Crippen LogP contribution in [0, 0.1) is 5.41 Å². The van der Waals surface area contributed by atoms with Crippen molar-refractivity contribution in [3.8, 4) is 0 Å². The van der Waals surface area contributed by atoms with E-state index in [-0.39, 0.29) is 24.4 Å². The van der Waals surface area contributed by atoms with Crippen molar-refractivity contribution in [2.45, 2.75) is 19.5 Å². The Bertz CT molecular complexity index is 546. The van der Waals surface area contributed by atoms with E-state index >= 15 is 0 Å². The molecular formula is C14H15F3N2O2. The number of halogens is 3. The molecule has 7 heteroatoms. The van der Waals surface area contributed by atoms with Crippen LogP contribution in [0.25, 0.3) is 0 Å². The molecule has 2 rings (SSSR count). The quantitative estimate of drug-likeness (QED) is 0.843. The summed E-state index contributed by atoms with van der Waals surface area (Å²) in [5.74, 6) is -1.23. The molecule has 1 aromatic carbocycles. The van der Waals surface area contributed by atoms with Gasteiger partial charge in [0.25, 0.3) is 0 Å². The fourth-order valence-electron chi connectivity index (χ4n) is 2.30. The van der Waals surface area contributed by atoms with Gasteiger partial charge in [-0.15, -0.1) is 0 Å². The number of hydrogen-bond donors (Lipinski definition) is 2. The van der Waals surface area contributed by atoms with Gasteiger partial charge >= 0.3 is 6.18 Å². The number of carbonyl (C=O) groups is 2. The second-order valence-electron chi connectivity index (χ2n) is 5.09. The Morgan fingerprint density at radius 2 is 1.86 bits per heavy atom. The van der Waals surface area contributed by atoms with Crippen molar-refractivity contribution in [2.24, 2.45) is 5.41 Å². The zero-order valence-electron chi connectivity index (χ0n) is 11.4. The Balaban J connectivity index is 2.18. The van der Waals surface area contributed by atoms with E-state index in [0.717, 1.165) is 0 Å². The molecule has 1 aliphatic heterocycles. The third-order valence-electron chi connectivity index (χ3n) is 3.68. The number of alkyl halides is 3. The molecule has 0 saturated carbocycles. The summed E-state index contributed by atoms with van der Waals surface area (Å²) in [5.41, 5.74) is -1.73. The Morgan fingerprint density at radius 1 is 1.24 bits per heavy atom. The van der Waals surface area contributed by atoms with E-state index in [2.05, 4.69) is 10.6 Å². The number of benzene rings is 1. The van der Waals surface area contributed by atoms with E-state index in [9.17, 15) is 22.8 Å². The number of hydrogen-bond acceptors (Lipinski definition) is 3. The number of nitrogens with one attached hydrogen (secondary N) is 2. The Hall–Kier alpha value is -1.89. The van der Waals surface area contributed by atoms with Crippen LogP contribution in [0.15, 0.2) is 24.3 Å². The van der Waals surface area contributed by atoms with Crippen LogP contribution in [-0.2, 0) is 4.79 Å². The first-order chi connectivity index (χ1) is 9.76. The second-order valence-corrected chi connectivity index (χ2v) is 5.09. The molecule has 1 fully saturated rings. The van der Waals surface area contributed by atoms with Gasteiger partial charge in [-0.2, -0.15) is 13.2 Å². The summed E-state index contributed by atoms with van der Waals surface area (Å²) in [6, 6.07) is 5.76. The van der Waals surface area contributed by atoms with Crippen molar-refractivity contribution in [2.75, 3.05) is 18.4 Å². The van der Waals surface area contributed by atoms with E-state index in [1.54, 1.807) is 0 Å². The molecule has 2 N–H and O–H groups in total. The van der Waals surface area contributed by atoms with Crippen LogP contribution in [0.4, 0.5) is 18.9 Å². The highest BCUT2D eigenvalue weighted by atomic mass is 19.4. The number of rotatable bonds is 3. The highest BCUT2D eigenvalue weighted by Crippen LogP contribution is 2.43. The van der Waals surface area contributed by atoms with Crippen LogP contribution < -0.4 is 10.6 Å². The summed E-state index contributed by atoms with van der Waals surface area (Å²) in [7, 11) is 0. The van der Waals surface area contributed by atoms with Gasteiger partial charge in [0, 0.05) is 17.8 Å². The van der Waals surface area contributed by atoms with Gasteiger partial charge in [0.1, 0.15) is 0 Å². The van der Waals surface area contributed by atoms with Crippen LogP contribution in [0.5, 0.6) is 0 Å². The van der Waals surface area contributed by atoms with Crippen molar-refractivity contribution in [1.82, 2.24) is 5.32 Å². The minimum atomic E-state index is -4.61. The molecule has 21 heavy (non-hydrogen) atoms. The molecule has 1 aliphatic rings. The van der Waals surface area contributed by atoms with E-state index in [4.69, 9.17) is 0 Å². The first-order valence-electron chi connectivity index (χ1n) is 6.46. The molecule has 1 saturated heterocycles. The Morgan fingerprint density at radius 3 is 2.29 bits per heavy atom. The molecule has 0 aliphatic carbocycles. The lowest BCUT2D eigenvalue weighted by molar-refractivity contribution is -0.213. The highest BCUT2D eigenvalue weighted by molar-refractivity contribution is 5.98. The van der Waals surface area contributed by atoms with E-state index in [1.165, 1.54) is 31.2 Å². The van der Waals surface area contributed by atoms with E-state index < -0.39 is 24.0 Å². The monoisotopic (exact) mass is 300 g/mol. The van der Waals surface area contributed by atoms with Crippen molar-refractivity contribution >= 4 is 17.4 Å². The van der Waals surface area contributed by atoms with Gasteiger partial charge in [0.05, 0.1) is 0 Å². The van der Waals surface area contributed by atoms with Gasteiger partial charge in [-0.05, 0) is 44.2 Å². The number of ketones is 1. The lowest BCUT2D eigenvalue weighted by atomic mass is 9.85. The summed E-state index contributed by atoms with van der Waals surface area (Å²) < 4.78 is 39.6. The third-order valence-corrected chi connectivity index (χ3v) is 3.68. The summed E-state index contributed by atoms with van der Waals surface area (Å²) in [6.45, 7) is 1.11. The lowest BCUT2D eigenvalue weighted by Gasteiger charge is -2.29. The highest BCUT2D eigenvalue weighted by Gasteiger charge is 2.61. The number of carbonyl (C=O) groups excluding carboxylic acids is 2. The number of anilines is 1. The predicted octanol–water partition coefficient (Wildman–Crippen LogP) is 2.37. The summed E-state index contributed by atoms with van der Waals surface area (Å²) in [5, 5.41) is 4.87. The first kappa shape index (κ1) is 15.5. The molecule has 1 aromatic rings. The molecule has 1 unspecified atom stereocenters. The summed E-state index contributed by atoms with van der Waals surface area (Å²) in [4.78, 5) is 23.2. The van der Waals surface area contributed by atoms with Gasteiger partial charge in [-0.25, -0.2) is 0 Å². The molecular weight excluding hydrogens is 285 g/mol. The lowest BCUT2D eigenvalue weighted by Crippen LogP contribution is -2.49. The largest absolute Gasteiger partial charge is 0.404 e. The van der Waals surface area contributed by atoms with Crippen molar-refractivity contribution in [3.63, 3.8) is 0 Å². The van der Waals surface area contributed by atoms with E-state index in [0.29, 0.717) is 5.56 Å². The average molecular weight is 300 g/mol. The van der Waals surface area contributed by atoms with Gasteiger partial charge < -0.3 is 10.6 Å². The van der Waals surface area contributed by atoms with Crippen LogP contribution >= 0.6 is 0 Å². The zero-order chi connectivity index (χ0) is 15.7. The minimum absolute atomic E-state index is 0.149. The average Bonchev–Trinajstić information content (AvgIpc) is 2.89.